The fourth-order valence-corrected chi connectivity index (χ4v) is 7.36. The standard InChI is InChI=1S/C39H48N4O3/c44-37(28-10-4-1-5-11-28)40-31-16-22-34(23-17-31)43(35-24-18-32(19-25-35)41-38(45)29-12-6-2-7-13-29)36-26-20-33(21-27-36)42-39(46)30-14-8-3-9-15-30/h16-30H,1-15H2,(H,40,44)(H,41,45)(H,42,46). The summed E-state index contributed by atoms with van der Waals surface area (Å²) in [5.74, 6) is 0.626. The highest BCUT2D eigenvalue weighted by Crippen LogP contribution is 2.37. The zero-order valence-corrected chi connectivity index (χ0v) is 26.9. The maximum atomic E-state index is 12.9. The van der Waals surface area contributed by atoms with E-state index >= 15 is 0 Å². The Bertz CT molecular complexity index is 1270. The Labute approximate surface area is 273 Å². The van der Waals surface area contributed by atoms with E-state index in [1.165, 1.54) is 19.3 Å². The molecule has 3 aliphatic rings. The topological polar surface area (TPSA) is 90.5 Å². The lowest BCUT2D eigenvalue weighted by atomic mass is 9.88. The highest BCUT2D eigenvalue weighted by Gasteiger charge is 2.24. The van der Waals surface area contributed by atoms with Crippen LogP contribution in [0, 0.1) is 17.8 Å². The second kappa shape index (κ2) is 15.4. The first-order valence-electron chi connectivity index (χ1n) is 17.6. The van der Waals surface area contributed by atoms with Gasteiger partial charge in [-0.2, -0.15) is 0 Å². The Morgan fingerprint density at radius 1 is 0.391 bits per heavy atom. The molecule has 46 heavy (non-hydrogen) atoms. The number of anilines is 6. The normalized spacial score (nSPS) is 18.0. The fraction of sp³-hybridized carbons (Fsp3) is 0.462. The molecule has 0 spiro atoms. The Balaban J connectivity index is 1.20. The molecule has 0 atom stereocenters. The molecule has 3 saturated carbocycles. The smallest absolute Gasteiger partial charge is 0.227 e. The Hall–Kier alpha value is -4.13. The van der Waals surface area contributed by atoms with Crippen LogP contribution in [0.2, 0.25) is 0 Å². The quantitative estimate of drug-likeness (QED) is 0.222. The summed E-state index contributed by atoms with van der Waals surface area (Å²) in [6.07, 6.45) is 16.2. The average Bonchev–Trinajstić information content (AvgIpc) is 3.11. The van der Waals surface area contributed by atoms with Gasteiger partial charge >= 0.3 is 0 Å². The van der Waals surface area contributed by atoms with E-state index in [1.54, 1.807) is 0 Å². The number of carbonyl (C=O) groups is 3. The molecule has 0 unspecified atom stereocenters. The van der Waals surface area contributed by atoms with Crippen LogP contribution in [-0.2, 0) is 14.4 Å². The molecule has 0 bridgehead atoms. The van der Waals surface area contributed by atoms with Gasteiger partial charge in [-0.25, -0.2) is 0 Å². The van der Waals surface area contributed by atoms with Crippen molar-refractivity contribution in [1.82, 2.24) is 0 Å². The largest absolute Gasteiger partial charge is 0.326 e. The minimum Gasteiger partial charge on any atom is -0.326 e. The lowest BCUT2D eigenvalue weighted by Crippen LogP contribution is -2.24. The molecule has 0 heterocycles. The molecule has 3 amide bonds. The molecule has 3 aromatic carbocycles. The molecular weight excluding hydrogens is 572 g/mol. The monoisotopic (exact) mass is 620 g/mol. The number of nitrogens with zero attached hydrogens (tertiary/aromatic N) is 1. The van der Waals surface area contributed by atoms with Crippen LogP contribution < -0.4 is 20.9 Å². The second-order valence-corrected chi connectivity index (χ2v) is 13.4. The predicted octanol–water partition coefficient (Wildman–Crippen LogP) is 9.71. The Morgan fingerprint density at radius 2 is 0.630 bits per heavy atom. The van der Waals surface area contributed by atoms with Gasteiger partial charge in [0.25, 0.3) is 0 Å². The van der Waals surface area contributed by atoms with Crippen molar-refractivity contribution >= 4 is 51.8 Å². The SMILES string of the molecule is O=C(Nc1ccc(N(c2ccc(NC(=O)C3CCCCC3)cc2)c2ccc(NC(=O)C3CCCCC3)cc2)cc1)C1CCCCC1. The van der Waals surface area contributed by atoms with E-state index in [2.05, 4.69) is 20.9 Å². The molecular formula is C39H48N4O3. The molecule has 242 valence electrons. The molecule has 3 N–H and O–H groups in total. The third kappa shape index (κ3) is 8.17. The van der Waals surface area contributed by atoms with Crippen molar-refractivity contribution in [3.05, 3.63) is 72.8 Å². The van der Waals surface area contributed by atoms with Gasteiger partial charge in [0.2, 0.25) is 17.7 Å². The van der Waals surface area contributed by atoms with Gasteiger partial charge in [0.1, 0.15) is 0 Å². The predicted molar refractivity (Wildman–Crippen MR) is 187 cm³/mol. The van der Waals surface area contributed by atoms with Gasteiger partial charge in [-0.15, -0.1) is 0 Å². The number of amides is 3. The molecule has 7 nitrogen and oxygen atoms in total. The first-order valence-corrected chi connectivity index (χ1v) is 17.6. The van der Waals surface area contributed by atoms with E-state index < -0.39 is 0 Å². The van der Waals surface area contributed by atoms with Gasteiger partial charge in [0.15, 0.2) is 0 Å². The van der Waals surface area contributed by atoms with E-state index in [0.29, 0.717) is 0 Å². The summed E-state index contributed by atoms with van der Waals surface area (Å²) in [6.45, 7) is 0. The summed E-state index contributed by atoms with van der Waals surface area (Å²) in [6, 6.07) is 23.9. The van der Waals surface area contributed by atoms with E-state index in [9.17, 15) is 14.4 Å². The maximum Gasteiger partial charge on any atom is 0.227 e. The van der Waals surface area contributed by atoms with Crippen molar-refractivity contribution in [3.8, 4) is 0 Å². The van der Waals surface area contributed by atoms with Gasteiger partial charge in [0, 0.05) is 51.9 Å². The zero-order valence-electron chi connectivity index (χ0n) is 26.9. The zero-order chi connectivity index (χ0) is 31.7. The lowest BCUT2D eigenvalue weighted by molar-refractivity contribution is -0.121. The van der Waals surface area contributed by atoms with Crippen LogP contribution in [0.1, 0.15) is 96.3 Å². The minimum atomic E-state index is 0.0964. The van der Waals surface area contributed by atoms with E-state index in [-0.39, 0.29) is 35.5 Å². The Kier molecular flexibility index (Phi) is 10.7. The third-order valence-electron chi connectivity index (χ3n) is 10.1. The lowest BCUT2D eigenvalue weighted by Gasteiger charge is -2.27. The summed E-state index contributed by atoms with van der Waals surface area (Å²) in [5.41, 5.74) is 5.19. The van der Waals surface area contributed by atoms with Gasteiger partial charge in [0.05, 0.1) is 0 Å². The van der Waals surface area contributed by atoms with Crippen molar-refractivity contribution in [2.45, 2.75) is 96.3 Å². The maximum absolute atomic E-state index is 12.9. The van der Waals surface area contributed by atoms with Crippen molar-refractivity contribution in [3.63, 3.8) is 0 Å². The molecule has 0 aliphatic heterocycles. The Morgan fingerprint density at radius 3 is 0.870 bits per heavy atom. The van der Waals surface area contributed by atoms with Crippen LogP contribution in [0.4, 0.5) is 34.1 Å². The molecule has 3 aromatic rings. The van der Waals surface area contributed by atoms with Crippen LogP contribution in [0.5, 0.6) is 0 Å². The van der Waals surface area contributed by atoms with E-state index in [0.717, 1.165) is 111 Å². The minimum absolute atomic E-state index is 0.0964. The number of nitrogens with one attached hydrogen (secondary N) is 3. The van der Waals surface area contributed by atoms with Crippen LogP contribution in [0.3, 0.4) is 0 Å². The van der Waals surface area contributed by atoms with Gasteiger partial charge < -0.3 is 20.9 Å². The summed E-state index contributed by atoms with van der Waals surface area (Å²) < 4.78 is 0. The summed E-state index contributed by atoms with van der Waals surface area (Å²) in [7, 11) is 0. The number of benzene rings is 3. The summed E-state index contributed by atoms with van der Waals surface area (Å²) in [5, 5.41) is 9.37. The fourth-order valence-electron chi connectivity index (χ4n) is 7.36. The molecule has 0 saturated heterocycles. The van der Waals surface area contributed by atoms with Gasteiger partial charge in [-0.1, -0.05) is 57.8 Å². The average molecular weight is 621 g/mol. The number of hydrogen-bond donors (Lipinski definition) is 3. The molecule has 0 aromatic heterocycles. The first kappa shape index (κ1) is 31.8. The number of carbonyl (C=O) groups excluding carboxylic acids is 3. The van der Waals surface area contributed by atoms with Crippen molar-refractivity contribution in [1.29, 1.82) is 0 Å². The summed E-state index contributed by atoms with van der Waals surface area (Å²) in [4.78, 5) is 40.7. The highest BCUT2D eigenvalue weighted by molar-refractivity contribution is 5.95. The van der Waals surface area contributed by atoms with Gasteiger partial charge in [-0.3, -0.25) is 14.4 Å². The first-order chi connectivity index (χ1) is 22.5. The van der Waals surface area contributed by atoms with Crippen molar-refractivity contribution < 1.29 is 14.4 Å². The highest BCUT2D eigenvalue weighted by atomic mass is 16.2. The van der Waals surface area contributed by atoms with Crippen LogP contribution >= 0.6 is 0 Å². The summed E-state index contributed by atoms with van der Waals surface area (Å²) >= 11 is 0. The molecule has 6 rings (SSSR count). The second-order valence-electron chi connectivity index (χ2n) is 13.4. The van der Waals surface area contributed by atoms with E-state index in [4.69, 9.17) is 0 Å². The number of hydrogen-bond acceptors (Lipinski definition) is 4. The van der Waals surface area contributed by atoms with Crippen molar-refractivity contribution in [2.24, 2.45) is 17.8 Å². The van der Waals surface area contributed by atoms with Crippen LogP contribution in [0.25, 0.3) is 0 Å². The molecule has 0 radical (unpaired) electrons. The molecule has 7 heteroatoms. The number of rotatable bonds is 9. The van der Waals surface area contributed by atoms with Crippen LogP contribution in [0.15, 0.2) is 72.8 Å². The van der Waals surface area contributed by atoms with Crippen molar-refractivity contribution in [2.75, 3.05) is 20.9 Å². The molecule has 3 fully saturated rings. The molecule has 3 aliphatic carbocycles. The van der Waals surface area contributed by atoms with Gasteiger partial charge in [-0.05, 0) is 111 Å². The third-order valence-corrected chi connectivity index (χ3v) is 10.1. The van der Waals surface area contributed by atoms with E-state index in [1.807, 2.05) is 72.8 Å². The van der Waals surface area contributed by atoms with Crippen LogP contribution in [-0.4, -0.2) is 17.7 Å².